The molecule has 1 fully saturated rings. The minimum absolute atomic E-state index is 0. The van der Waals surface area contributed by atoms with Crippen molar-refractivity contribution in [1.29, 1.82) is 0 Å². The molecule has 1 heterocycles. The highest BCUT2D eigenvalue weighted by Gasteiger charge is 2.27. The lowest BCUT2D eigenvalue weighted by Crippen LogP contribution is -2.45. The lowest BCUT2D eigenvalue weighted by atomic mass is 9.83. The Morgan fingerprint density at radius 3 is 2.39 bits per heavy atom. The van der Waals surface area contributed by atoms with Gasteiger partial charge in [-0.2, -0.15) is 0 Å². The van der Waals surface area contributed by atoms with Crippen LogP contribution in [-0.2, 0) is 0 Å². The van der Waals surface area contributed by atoms with E-state index in [9.17, 15) is 4.79 Å². The third-order valence-electron chi connectivity index (χ3n) is 4.38. The summed E-state index contributed by atoms with van der Waals surface area (Å²) in [7, 11) is 3.19. The van der Waals surface area contributed by atoms with Gasteiger partial charge in [0.1, 0.15) is 11.5 Å². The first-order valence-electron chi connectivity index (χ1n) is 7.70. The van der Waals surface area contributed by atoms with Gasteiger partial charge in [0.15, 0.2) is 0 Å². The van der Waals surface area contributed by atoms with Crippen LogP contribution in [0.4, 0.5) is 0 Å². The summed E-state index contributed by atoms with van der Waals surface area (Å²) >= 11 is 0. The molecule has 1 saturated heterocycles. The van der Waals surface area contributed by atoms with Crippen LogP contribution in [0.3, 0.4) is 0 Å². The summed E-state index contributed by atoms with van der Waals surface area (Å²) in [5.74, 6) is 1.23. The molecule has 5 nitrogen and oxygen atoms in total. The largest absolute Gasteiger partial charge is 0.496 e. The van der Waals surface area contributed by atoms with Crippen molar-refractivity contribution < 1.29 is 14.3 Å². The first-order chi connectivity index (χ1) is 10.5. The van der Waals surface area contributed by atoms with E-state index in [0.29, 0.717) is 23.6 Å². The third-order valence-corrected chi connectivity index (χ3v) is 4.38. The van der Waals surface area contributed by atoms with Crippen molar-refractivity contribution in [2.24, 2.45) is 5.41 Å². The second-order valence-corrected chi connectivity index (χ2v) is 6.28. The Balaban J connectivity index is 0.00000264. The number of piperidine rings is 1. The van der Waals surface area contributed by atoms with Gasteiger partial charge in [-0.05, 0) is 43.9 Å². The third kappa shape index (κ3) is 4.75. The van der Waals surface area contributed by atoms with E-state index in [1.54, 1.807) is 26.4 Å². The zero-order chi connectivity index (χ0) is 16.2. The molecule has 0 spiro atoms. The number of rotatable bonds is 5. The van der Waals surface area contributed by atoms with Gasteiger partial charge in [-0.1, -0.05) is 6.92 Å². The van der Waals surface area contributed by atoms with E-state index >= 15 is 0 Å². The minimum Gasteiger partial charge on any atom is -0.496 e. The van der Waals surface area contributed by atoms with E-state index in [1.165, 1.54) is 0 Å². The predicted molar refractivity (Wildman–Crippen MR) is 94.1 cm³/mol. The Bertz CT molecular complexity index is 518. The van der Waals surface area contributed by atoms with E-state index in [1.807, 2.05) is 6.92 Å². The van der Waals surface area contributed by atoms with Crippen LogP contribution in [0.5, 0.6) is 11.5 Å². The molecular formula is C17H27ClN2O3. The van der Waals surface area contributed by atoms with Crippen molar-refractivity contribution in [2.75, 3.05) is 33.9 Å². The molecule has 0 bridgehead atoms. The van der Waals surface area contributed by atoms with Gasteiger partial charge in [0, 0.05) is 24.2 Å². The van der Waals surface area contributed by atoms with Crippen molar-refractivity contribution in [3.8, 4) is 11.5 Å². The Kier molecular flexibility index (Phi) is 7.16. The second-order valence-electron chi connectivity index (χ2n) is 6.28. The van der Waals surface area contributed by atoms with Gasteiger partial charge in [0.25, 0.3) is 5.91 Å². The highest BCUT2D eigenvalue weighted by Crippen LogP contribution is 2.30. The van der Waals surface area contributed by atoms with E-state index < -0.39 is 0 Å². The Morgan fingerprint density at radius 2 is 1.91 bits per heavy atom. The van der Waals surface area contributed by atoms with E-state index in [0.717, 1.165) is 31.5 Å². The van der Waals surface area contributed by atoms with Crippen LogP contribution < -0.4 is 20.1 Å². The summed E-state index contributed by atoms with van der Waals surface area (Å²) < 4.78 is 10.6. The minimum atomic E-state index is -0.0941. The first-order valence-corrected chi connectivity index (χ1v) is 7.70. The normalized spacial score (nSPS) is 20.3. The van der Waals surface area contributed by atoms with E-state index in [-0.39, 0.29) is 23.7 Å². The zero-order valence-corrected chi connectivity index (χ0v) is 15.1. The van der Waals surface area contributed by atoms with Crippen molar-refractivity contribution in [3.05, 3.63) is 23.3 Å². The zero-order valence-electron chi connectivity index (χ0n) is 14.3. The van der Waals surface area contributed by atoms with Gasteiger partial charge in [-0.25, -0.2) is 0 Å². The maximum atomic E-state index is 12.4. The molecule has 0 saturated carbocycles. The van der Waals surface area contributed by atoms with Crippen molar-refractivity contribution in [3.63, 3.8) is 0 Å². The molecule has 130 valence electrons. The number of hydrogen-bond acceptors (Lipinski definition) is 4. The molecule has 1 aromatic rings. The Morgan fingerprint density at radius 1 is 1.30 bits per heavy atom. The molecule has 1 aromatic carbocycles. The molecule has 1 unspecified atom stereocenters. The number of nitrogens with one attached hydrogen (secondary N) is 2. The van der Waals surface area contributed by atoms with Crippen LogP contribution in [0.2, 0.25) is 0 Å². The molecule has 2 N–H and O–H groups in total. The molecular weight excluding hydrogens is 316 g/mol. The standard InChI is InChI=1S/C17H26N2O3.ClH/c1-12-14(21-3)8-13(9-15(12)22-4)16(20)19-11-17(2)6-5-7-18-10-17;/h8-9,18H,5-7,10-11H2,1-4H3,(H,19,20);1H. The van der Waals surface area contributed by atoms with Crippen molar-refractivity contribution in [2.45, 2.75) is 26.7 Å². The number of carbonyl (C=O) groups excluding carboxylic acids is 1. The van der Waals surface area contributed by atoms with Crippen LogP contribution in [0.25, 0.3) is 0 Å². The molecule has 0 radical (unpaired) electrons. The fourth-order valence-corrected chi connectivity index (χ4v) is 2.88. The molecule has 2 rings (SSSR count). The van der Waals surface area contributed by atoms with Crippen molar-refractivity contribution >= 4 is 18.3 Å². The summed E-state index contributed by atoms with van der Waals surface area (Å²) in [5.41, 5.74) is 1.57. The molecule has 1 amide bonds. The summed E-state index contributed by atoms with van der Waals surface area (Å²) in [6.07, 6.45) is 2.28. The maximum absolute atomic E-state index is 12.4. The average molecular weight is 343 g/mol. The molecule has 1 aliphatic rings. The first kappa shape index (κ1) is 19.6. The molecule has 6 heteroatoms. The predicted octanol–water partition coefficient (Wildman–Crippen LogP) is 2.55. The number of methoxy groups -OCH3 is 2. The number of carbonyl (C=O) groups is 1. The molecule has 23 heavy (non-hydrogen) atoms. The topological polar surface area (TPSA) is 59.6 Å². The van der Waals surface area contributed by atoms with Gasteiger partial charge in [-0.15, -0.1) is 12.4 Å². The van der Waals surface area contributed by atoms with Gasteiger partial charge < -0.3 is 20.1 Å². The number of ether oxygens (including phenoxy) is 2. The smallest absolute Gasteiger partial charge is 0.251 e. The summed E-state index contributed by atoms with van der Waals surface area (Å²) in [6, 6.07) is 3.52. The molecule has 1 atom stereocenters. The number of hydrogen-bond donors (Lipinski definition) is 2. The fourth-order valence-electron chi connectivity index (χ4n) is 2.88. The summed E-state index contributed by atoms with van der Waals surface area (Å²) in [4.78, 5) is 12.4. The highest BCUT2D eigenvalue weighted by atomic mass is 35.5. The molecule has 0 aliphatic carbocycles. The quantitative estimate of drug-likeness (QED) is 0.863. The van der Waals surface area contributed by atoms with Crippen LogP contribution in [0.1, 0.15) is 35.7 Å². The van der Waals surface area contributed by atoms with Crippen molar-refractivity contribution in [1.82, 2.24) is 10.6 Å². The Labute approximate surface area is 144 Å². The summed E-state index contributed by atoms with van der Waals surface area (Å²) in [5, 5.41) is 6.43. The fraction of sp³-hybridized carbons (Fsp3) is 0.588. The Hall–Kier alpha value is -1.46. The molecule has 1 aliphatic heterocycles. The van der Waals surface area contributed by atoms with Gasteiger partial charge in [0.05, 0.1) is 14.2 Å². The SMILES string of the molecule is COc1cc(C(=O)NCC2(C)CCCNC2)cc(OC)c1C.Cl. The summed E-state index contributed by atoms with van der Waals surface area (Å²) in [6.45, 7) is 6.78. The monoisotopic (exact) mass is 342 g/mol. The van der Waals surface area contributed by atoms with Gasteiger partial charge >= 0.3 is 0 Å². The lowest BCUT2D eigenvalue weighted by Gasteiger charge is -2.34. The van der Waals surface area contributed by atoms with Crippen LogP contribution in [0.15, 0.2) is 12.1 Å². The van der Waals surface area contributed by atoms with Gasteiger partial charge in [0.2, 0.25) is 0 Å². The second kappa shape index (κ2) is 8.41. The van der Waals surface area contributed by atoms with Gasteiger partial charge in [-0.3, -0.25) is 4.79 Å². The van der Waals surface area contributed by atoms with Crippen LogP contribution in [-0.4, -0.2) is 39.8 Å². The number of halogens is 1. The molecule has 0 aromatic heterocycles. The van der Waals surface area contributed by atoms with E-state index in [4.69, 9.17) is 9.47 Å². The number of amides is 1. The lowest BCUT2D eigenvalue weighted by molar-refractivity contribution is 0.0924. The highest BCUT2D eigenvalue weighted by molar-refractivity contribution is 5.95. The van der Waals surface area contributed by atoms with E-state index in [2.05, 4.69) is 17.6 Å². The maximum Gasteiger partial charge on any atom is 0.251 e. The number of benzene rings is 1. The van der Waals surface area contributed by atoms with Crippen LogP contribution in [0, 0.1) is 12.3 Å². The average Bonchev–Trinajstić information content (AvgIpc) is 2.53. The van der Waals surface area contributed by atoms with Crippen LogP contribution >= 0.6 is 12.4 Å².